The molecule has 1 aliphatic rings. The number of fused-ring (bicyclic) bond motifs is 3. The number of halogens is 1. The van der Waals surface area contributed by atoms with Crippen LogP contribution >= 0.6 is 27.7 Å². The molecule has 0 spiro atoms. The maximum absolute atomic E-state index is 6.22. The summed E-state index contributed by atoms with van der Waals surface area (Å²) in [5, 5.41) is 12.5. The van der Waals surface area contributed by atoms with Crippen LogP contribution in [0.3, 0.4) is 0 Å². The van der Waals surface area contributed by atoms with Gasteiger partial charge in [-0.15, -0.1) is 10.2 Å². The van der Waals surface area contributed by atoms with Crippen LogP contribution in [-0.2, 0) is 0 Å². The van der Waals surface area contributed by atoms with Crippen molar-refractivity contribution in [3.05, 3.63) is 52.5 Å². The van der Waals surface area contributed by atoms with Crippen molar-refractivity contribution in [1.82, 2.24) is 15.2 Å². The van der Waals surface area contributed by atoms with E-state index in [9.17, 15) is 0 Å². The van der Waals surface area contributed by atoms with Crippen molar-refractivity contribution in [3.63, 3.8) is 0 Å². The number of hydrogen-bond acceptors (Lipinski definition) is 7. The molecule has 0 unspecified atom stereocenters. The Labute approximate surface area is 163 Å². The minimum atomic E-state index is -0.465. The number of anilines is 1. The van der Waals surface area contributed by atoms with E-state index in [-0.39, 0.29) is 0 Å². The largest absolute Gasteiger partial charge is 0.497 e. The molecule has 1 atom stereocenters. The lowest BCUT2D eigenvalue weighted by Crippen LogP contribution is -2.17. The molecule has 0 aliphatic carbocycles. The van der Waals surface area contributed by atoms with Crippen molar-refractivity contribution in [2.45, 2.75) is 11.4 Å². The summed E-state index contributed by atoms with van der Waals surface area (Å²) in [5.74, 6) is 1.19. The first-order valence-corrected chi connectivity index (χ1v) is 9.86. The van der Waals surface area contributed by atoms with E-state index in [1.807, 2.05) is 48.7 Å². The lowest BCUT2D eigenvalue weighted by molar-refractivity contribution is 0.224. The molecule has 2 heterocycles. The molecule has 4 rings (SSSR count). The zero-order chi connectivity index (χ0) is 18.1. The molecule has 26 heavy (non-hydrogen) atoms. The summed E-state index contributed by atoms with van der Waals surface area (Å²) < 4.78 is 12.5. The van der Waals surface area contributed by atoms with Crippen LogP contribution in [0, 0.1) is 0 Å². The Balaban J connectivity index is 1.87. The van der Waals surface area contributed by atoms with Crippen molar-refractivity contribution in [1.29, 1.82) is 0 Å². The first kappa shape index (κ1) is 17.1. The van der Waals surface area contributed by atoms with E-state index >= 15 is 0 Å². The number of nitrogens with zero attached hydrogens (tertiary/aromatic N) is 3. The monoisotopic (exact) mass is 430 g/mol. The van der Waals surface area contributed by atoms with Gasteiger partial charge in [-0.3, -0.25) is 0 Å². The number of methoxy groups -OCH3 is 1. The molecule has 3 aromatic rings. The Morgan fingerprint density at radius 2 is 2.04 bits per heavy atom. The molecule has 0 fully saturated rings. The van der Waals surface area contributed by atoms with Gasteiger partial charge in [0.05, 0.1) is 7.11 Å². The average Bonchev–Trinajstić information content (AvgIpc) is 2.84. The SMILES string of the molecule is COc1ccc(Br)c([C@@H]2Nc3ccccc3-c3nnc(SC)nc3O2)c1. The fourth-order valence-corrected chi connectivity index (χ4v) is 3.48. The summed E-state index contributed by atoms with van der Waals surface area (Å²) in [4.78, 5) is 4.52. The maximum atomic E-state index is 6.22. The van der Waals surface area contributed by atoms with Gasteiger partial charge in [0.25, 0.3) is 0 Å². The Morgan fingerprint density at radius 1 is 1.19 bits per heavy atom. The van der Waals surface area contributed by atoms with E-state index in [1.165, 1.54) is 11.8 Å². The third-order valence-corrected chi connectivity index (χ3v) is 5.26. The highest BCUT2D eigenvalue weighted by Crippen LogP contribution is 2.41. The molecule has 0 amide bonds. The number of benzene rings is 2. The van der Waals surface area contributed by atoms with E-state index in [0.717, 1.165) is 27.0 Å². The average molecular weight is 431 g/mol. The standard InChI is InChI=1S/C18H15BrN4O2S/c1-24-10-7-8-13(19)12(9-10)16-20-14-6-4-3-5-11(14)15-17(25-16)21-18(26-2)23-22-15/h3-9,16,20H,1-2H3/t16-/m1/s1. The number of nitrogens with one attached hydrogen (secondary N) is 1. The first-order valence-electron chi connectivity index (χ1n) is 7.84. The van der Waals surface area contributed by atoms with Gasteiger partial charge in [-0.2, -0.15) is 4.98 Å². The van der Waals surface area contributed by atoms with Crippen LogP contribution in [0.15, 0.2) is 52.1 Å². The number of rotatable bonds is 3. The van der Waals surface area contributed by atoms with E-state index in [4.69, 9.17) is 9.47 Å². The molecule has 0 saturated heterocycles. The zero-order valence-electron chi connectivity index (χ0n) is 14.1. The van der Waals surface area contributed by atoms with Crippen LogP contribution in [0.2, 0.25) is 0 Å². The molecule has 0 radical (unpaired) electrons. The molecular weight excluding hydrogens is 416 g/mol. The fourth-order valence-electron chi connectivity index (χ4n) is 2.72. The highest BCUT2D eigenvalue weighted by atomic mass is 79.9. The lowest BCUT2D eigenvalue weighted by atomic mass is 10.1. The second kappa shape index (κ2) is 7.13. The van der Waals surface area contributed by atoms with Gasteiger partial charge in [0.15, 0.2) is 11.9 Å². The highest BCUT2D eigenvalue weighted by Gasteiger charge is 2.27. The summed E-state index contributed by atoms with van der Waals surface area (Å²) in [6, 6.07) is 13.6. The first-order chi connectivity index (χ1) is 12.7. The number of para-hydroxylation sites is 1. The lowest BCUT2D eigenvalue weighted by Gasteiger charge is -2.21. The van der Waals surface area contributed by atoms with E-state index in [1.54, 1.807) is 7.11 Å². The van der Waals surface area contributed by atoms with Crippen molar-refractivity contribution >= 4 is 33.4 Å². The summed E-state index contributed by atoms with van der Waals surface area (Å²) in [6.07, 6.45) is 1.44. The van der Waals surface area contributed by atoms with E-state index in [0.29, 0.717) is 16.7 Å². The van der Waals surface area contributed by atoms with Crippen molar-refractivity contribution < 1.29 is 9.47 Å². The molecule has 0 bridgehead atoms. The van der Waals surface area contributed by atoms with Gasteiger partial charge in [-0.25, -0.2) is 0 Å². The number of ether oxygens (including phenoxy) is 2. The molecule has 6 nitrogen and oxygen atoms in total. The predicted octanol–water partition coefficient (Wildman–Crippen LogP) is 4.53. The number of thioether (sulfide) groups is 1. The Morgan fingerprint density at radius 3 is 2.85 bits per heavy atom. The maximum Gasteiger partial charge on any atom is 0.247 e. The molecular formula is C18H15BrN4O2S. The van der Waals surface area contributed by atoms with Crippen LogP contribution in [0.1, 0.15) is 11.8 Å². The zero-order valence-corrected chi connectivity index (χ0v) is 16.5. The van der Waals surface area contributed by atoms with Crippen LogP contribution < -0.4 is 14.8 Å². The topological polar surface area (TPSA) is 69.2 Å². The summed E-state index contributed by atoms with van der Waals surface area (Å²) >= 11 is 5.02. The second-order valence-corrected chi connectivity index (χ2v) is 7.16. The number of hydrogen-bond donors (Lipinski definition) is 1. The normalized spacial score (nSPS) is 15.1. The van der Waals surface area contributed by atoms with Crippen molar-refractivity contribution in [2.24, 2.45) is 0 Å². The highest BCUT2D eigenvalue weighted by molar-refractivity contribution is 9.10. The second-order valence-electron chi connectivity index (χ2n) is 5.53. The van der Waals surface area contributed by atoms with Gasteiger partial charge >= 0.3 is 0 Å². The smallest absolute Gasteiger partial charge is 0.247 e. The minimum absolute atomic E-state index is 0.446. The molecule has 0 saturated carbocycles. The van der Waals surface area contributed by atoms with Crippen molar-refractivity contribution in [2.75, 3.05) is 18.7 Å². The molecule has 2 aromatic carbocycles. The Hall–Kier alpha value is -2.32. The molecule has 1 aromatic heterocycles. The third-order valence-electron chi connectivity index (χ3n) is 4.00. The van der Waals surface area contributed by atoms with Gasteiger partial charge in [0, 0.05) is 21.3 Å². The van der Waals surface area contributed by atoms with Gasteiger partial charge in [-0.1, -0.05) is 45.9 Å². The van der Waals surface area contributed by atoms with Gasteiger partial charge < -0.3 is 14.8 Å². The predicted molar refractivity (Wildman–Crippen MR) is 105 cm³/mol. The molecule has 132 valence electrons. The van der Waals surface area contributed by atoms with Crippen LogP contribution in [0.4, 0.5) is 5.69 Å². The van der Waals surface area contributed by atoms with Gasteiger partial charge in [0.2, 0.25) is 11.0 Å². The minimum Gasteiger partial charge on any atom is -0.497 e. The van der Waals surface area contributed by atoms with E-state index < -0.39 is 6.23 Å². The van der Waals surface area contributed by atoms with Crippen molar-refractivity contribution in [3.8, 4) is 22.9 Å². The van der Waals surface area contributed by atoms with Crippen LogP contribution in [0.25, 0.3) is 11.3 Å². The molecule has 1 N–H and O–H groups in total. The Kier molecular flexibility index (Phi) is 4.69. The third kappa shape index (κ3) is 3.10. The fraction of sp³-hybridized carbons (Fsp3) is 0.167. The summed E-state index contributed by atoms with van der Waals surface area (Å²) in [5.41, 5.74) is 3.32. The quantitative estimate of drug-likeness (QED) is 0.611. The molecule has 1 aliphatic heterocycles. The Bertz CT molecular complexity index is 970. The van der Waals surface area contributed by atoms with Crippen LogP contribution in [0.5, 0.6) is 11.6 Å². The number of aromatic nitrogens is 3. The van der Waals surface area contributed by atoms with Gasteiger partial charge in [0.1, 0.15) is 5.75 Å². The molecule has 8 heteroatoms. The summed E-state index contributed by atoms with van der Waals surface area (Å²) in [6.45, 7) is 0. The van der Waals surface area contributed by atoms with Gasteiger partial charge in [-0.05, 0) is 30.5 Å². The van der Waals surface area contributed by atoms with E-state index in [2.05, 4.69) is 36.4 Å². The summed E-state index contributed by atoms with van der Waals surface area (Å²) in [7, 11) is 1.64. The van der Waals surface area contributed by atoms with Crippen LogP contribution in [-0.4, -0.2) is 28.5 Å².